The van der Waals surface area contributed by atoms with E-state index in [1.54, 1.807) is 0 Å². The van der Waals surface area contributed by atoms with Gasteiger partial charge in [0.05, 0.1) is 5.52 Å². The molecule has 0 saturated heterocycles. The standard InChI is InChI=1S/C19H22N2O/c1-13(2)21-11-15(19-17(20)5-4-6-18(19)21)12-22-16-9-7-14(3)8-10-16/h4-11,13H,12,20H2,1-3H3. The summed E-state index contributed by atoms with van der Waals surface area (Å²) < 4.78 is 8.18. The van der Waals surface area contributed by atoms with Crippen LogP contribution in [0.15, 0.2) is 48.7 Å². The van der Waals surface area contributed by atoms with Gasteiger partial charge in [0.15, 0.2) is 0 Å². The Labute approximate surface area is 131 Å². The van der Waals surface area contributed by atoms with Crippen LogP contribution in [0.3, 0.4) is 0 Å². The van der Waals surface area contributed by atoms with Crippen molar-refractivity contribution in [3.63, 3.8) is 0 Å². The summed E-state index contributed by atoms with van der Waals surface area (Å²) in [4.78, 5) is 0. The molecule has 0 bridgehead atoms. The Kier molecular flexibility index (Phi) is 3.80. The zero-order chi connectivity index (χ0) is 15.7. The summed E-state index contributed by atoms with van der Waals surface area (Å²) in [6.45, 7) is 6.94. The highest BCUT2D eigenvalue weighted by molar-refractivity contribution is 5.94. The molecule has 0 aliphatic rings. The number of hydrogen-bond donors (Lipinski definition) is 1. The lowest BCUT2D eigenvalue weighted by Crippen LogP contribution is -1.98. The molecule has 22 heavy (non-hydrogen) atoms. The summed E-state index contributed by atoms with van der Waals surface area (Å²) in [5.41, 5.74) is 10.5. The van der Waals surface area contributed by atoms with Gasteiger partial charge in [0.2, 0.25) is 0 Å². The average Bonchev–Trinajstić information content (AvgIpc) is 2.87. The topological polar surface area (TPSA) is 40.2 Å². The minimum atomic E-state index is 0.387. The Morgan fingerprint density at radius 3 is 2.50 bits per heavy atom. The molecule has 1 heterocycles. The minimum Gasteiger partial charge on any atom is -0.489 e. The first kappa shape index (κ1) is 14.5. The molecule has 2 aromatic carbocycles. The fourth-order valence-electron chi connectivity index (χ4n) is 2.76. The fourth-order valence-corrected chi connectivity index (χ4v) is 2.76. The maximum Gasteiger partial charge on any atom is 0.119 e. The Morgan fingerprint density at radius 2 is 1.82 bits per heavy atom. The Bertz CT molecular complexity index is 785. The number of nitrogens with two attached hydrogens (primary N) is 1. The Balaban J connectivity index is 1.94. The van der Waals surface area contributed by atoms with Crippen LogP contribution < -0.4 is 10.5 Å². The van der Waals surface area contributed by atoms with Crippen LogP contribution in [-0.2, 0) is 6.61 Å². The number of ether oxygens (including phenoxy) is 1. The van der Waals surface area contributed by atoms with Crippen LogP contribution in [0.4, 0.5) is 5.69 Å². The molecule has 0 amide bonds. The van der Waals surface area contributed by atoms with Gasteiger partial charge in [0, 0.05) is 28.9 Å². The van der Waals surface area contributed by atoms with Crippen LogP contribution in [-0.4, -0.2) is 4.57 Å². The molecule has 3 rings (SSSR count). The first-order valence-electron chi connectivity index (χ1n) is 7.63. The molecular formula is C19H22N2O. The van der Waals surface area contributed by atoms with Gasteiger partial charge in [0.1, 0.15) is 12.4 Å². The van der Waals surface area contributed by atoms with Crippen LogP contribution in [0, 0.1) is 6.92 Å². The lowest BCUT2D eigenvalue weighted by molar-refractivity contribution is 0.307. The van der Waals surface area contributed by atoms with Crippen LogP contribution >= 0.6 is 0 Å². The number of fused-ring (bicyclic) bond motifs is 1. The molecule has 0 aliphatic carbocycles. The van der Waals surface area contributed by atoms with Crippen molar-refractivity contribution in [3.05, 3.63) is 59.8 Å². The molecule has 0 radical (unpaired) electrons. The summed E-state index contributed by atoms with van der Waals surface area (Å²) in [7, 11) is 0. The largest absolute Gasteiger partial charge is 0.489 e. The minimum absolute atomic E-state index is 0.387. The van der Waals surface area contributed by atoms with Gasteiger partial charge in [-0.15, -0.1) is 0 Å². The summed E-state index contributed by atoms with van der Waals surface area (Å²) in [5.74, 6) is 0.880. The zero-order valence-electron chi connectivity index (χ0n) is 13.3. The molecule has 2 N–H and O–H groups in total. The van der Waals surface area contributed by atoms with E-state index in [1.807, 2.05) is 24.3 Å². The summed E-state index contributed by atoms with van der Waals surface area (Å²) >= 11 is 0. The van der Waals surface area contributed by atoms with E-state index in [9.17, 15) is 0 Å². The second-order valence-corrected chi connectivity index (χ2v) is 6.00. The van der Waals surface area contributed by atoms with E-state index in [1.165, 1.54) is 5.56 Å². The SMILES string of the molecule is Cc1ccc(OCc2cn(C(C)C)c3cccc(N)c23)cc1. The number of aryl methyl sites for hydroxylation is 1. The van der Waals surface area contributed by atoms with Gasteiger partial charge < -0.3 is 15.0 Å². The molecule has 0 atom stereocenters. The van der Waals surface area contributed by atoms with Crippen LogP contribution in [0.2, 0.25) is 0 Å². The van der Waals surface area contributed by atoms with Gasteiger partial charge in [-0.2, -0.15) is 0 Å². The van der Waals surface area contributed by atoms with Crippen molar-refractivity contribution in [1.82, 2.24) is 4.57 Å². The smallest absolute Gasteiger partial charge is 0.119 e. The van der Waals surface area contributed by atoms with Crippen LogP contribution in [0.25, 0.3) is 10.9 Å². The van der Waals surface area contributed by atoms with E-state index in [-0.39, 0.29) is 0 Å². The zero-order valence-corrected chi connectivity index (χ0v) is 13.3. The van der Waals surface area contributed by atoms with Crippen LogP contribution in [0.5, 0.6) is 5.75 Å². The fraction of sp³-hybridized carbons (Fsp3) is 0.263. The molecule has 0 spiro atoms. The van der Waals surface area contributed by atoms with Crippen molar-refractivity contribution in [2.45, 2.75) is 33.4 Å². The summed E-state index contributed by atoms with van der Waals surface area (Å²) in [5, 5.41) is 1.10. The number of anilines is 1. The van der Waals surface area contributed by atoms with Crippen molar-refractivity contribution in [3.8, 4) is 5.75 Å². The number of benzene rings is 2. The van der Waals surface area contributed by atoms with Crippen molar-refractivity contribution < 1.29 is 4.74 Å². The molecular weight excluding hydrogens is 272 g/mol. The van der Waals surface area contributed by atoms with Crippen molar-refractivity contribution in [1.29, 1.82) is 0 Å². The molecule has 3 aromatic rings. The highest BCUT2D eigenvalue weighted by Crippen LogP contribution is 2.30. The molecule has 114 valence electrons. The highest BCUT2D eigenvalue weighted by Gasteiger charge is 2.13. The van der Waals surface area contributed by atoms with Crippen molar-refractivity contribution in [2.75, 3.05) is 5.73 Å². The Morgan fingerprint density at radius 1 is 1.09 bits per heavy atom. The molecule has 1 aromatic heterocycles. The number of nitrogens with zero attached hydrogens (tertiary/aromatic N) is 1. The summed E-state index contributed by atoms with van der Waals surface area (Å²) in [6.07, 6.45) is 2.15. The third-order valence-corrected chi connectivity index (χ3v) is 3.94. The second-order valence-electron chi connectivity index (χ2n) is 6.00. The van der Waals surface area contributed by atoms with E-state index >= 15 is 0 Å². The van der Waals surface area contributed by atoms with Crippen LogP contribution in [0.1, 0.15) is 31.0 Å². The number of aromatic nitrogens is 1. The van der Waals surface area contributed by atoms with E-state index in [0.717, 1.165) is 27.9 Å². The normalized spacial score (nSPS) is 11.3. The molecule has 0 aliphatic heterocycles. The van der Waals surface area contributed by atoms with E-state index in [4.69, 9.17) is 10.5 Å². The van der Waals surface area contributed by atoms with Gasteiger partial charge in [0.25, 0.3) is 0 Å². The third-order valence-electron chi connectivity index (χ3n) is 3.94. The average molecular weight is 294 g/mol. The summed E-state index contributed by atoms with van der Waals surface area (Å²) in [6, 6.07) is 14.6. The first-order valence-corrected chi connectivity index (χ1v) is 7.63. The van der Waals surface area contributed by atoms with Gasteiger partial charge in [-0.1, -0.05) is 23.8 Å². The lowest BCUT2D eigenvalue weighted by Gasteiger charge is -2.08. The van der Waals surface area contributed by atoms with Gasteiger partial charge in [-0.3, -0.25) is 0 Å². The predicted molar refractivity (Wildman–Crippen MR) is 92.2 cm³/mol. The molecule has 0 unspecified atom stereocenters. The molecule has 0 fully saturated rings. The van der Waals surface area contributed by atoms with Crippen molar-refractivity contribution >= 4 is 16.6 Å². The van der Waals surface area contributed by atoms with E-state index in [2.05, 4.69) is 49.7 Å². The molecule has 0 saturated carbocycles. The highest BCUT2D eigenvalue weighted by atomic mass is 16.5. The Hall–Kier alpha value is -2.42. The maximum absolute atomic E-state index is 6.19. The number of hydrogen-bond acceptors (Lipinski definition) is 2. The predicted octanol–water partition coefficient (Wildman–Crippen LogP) is 4.69. The lowest BCUT2D eigenvalue weighted by atomic mass is 10.1. The number of rotatable bonds is 4. The molecule has 3 nitrogen and oxygen atoms in total. The van der Waals surface area contributed by atoms with E-state index in [0.29, 0.717) is 12.6 Å². The first-order chi connectivity index (χ1) is 10.6. The second kappa shape index (κ2) is 5.76. The van der Waals surface area contributed by atoms with Crippen molar-refractivity contribution in [2.24, 2.45) is 0 Å². The quantitative estimate of drug-likeness (QED) is 0.709. The van der Waals surface area contributed by atoms with Gasteiger partial charge >= 0.3 is 0 Å². The molecule has 3 heteroatoms. The van der Waals surface area contributed by atoms with E-state index < -0.39 is 0 Å². The maximum atomic E-state index is 6.19. The van der Waals surface area contributed by atoms with Gasteiger partial charge in [-0.05, 0) is 45.0 Å². The van der Waals surface area contributed by atoms with Gasteiger partial charge in [-0.25, -0.2) is 0 Å². The number of nitrogen functional groups attached to an aromatic ring is 1. The third kappa shape index (κ3) is 2.67. The monoisotopic (exact) mass is 294 g/mol.